The molecule has 14 heteroatoms. The number of hydrogen-bond acceptors (Lipinski definition) is 8. The summed E-state index contributed by atoms with van der Waals surface area (Å²) in [4.78, 5) is 68.3. The summed E-state index contributed by atoms with van der Waals surface area (Å²) in [7, 11) is 0. The van der Waals surface area contributed by atoms with Gasteiger partial charge in [-0.15, -0.1) is 0 Å². The van der Waals surface area contributed by atoms with Gasteiger partial charge in [0.05, 0.1) is 25.0 Å². The Bertz CT molecular complexity index is 665. The van der Waals surface area contributed by atoms with E-state index in [1.165, 1.54) is 6.92 Å². The van der Waals surface area contributed by atoms with Crippen LogP contribution in [0.3, 0.4) is 0 Å². The highest BCUT2D eigenvalue weighted by molar-refractivity contribution is 5.95. The van der Waals surface area contributed by atoms with Crippen LogP contribution in [0.1, 0.15) is 26.7 Å². The van der Waals surface area contributed by atoms with E-state index in [1.54, 1.807) is 0 Å². The van der Waals surface area contributed by atoms with Gasteiger partial charge < -0.3 is 42.1 Å². The van der Waals surface area contributed by atoms with Crippen LogP contribution >= 0.6 is 0 Å². The molecular formula is C15H24N4O10. The lowest BCUT2D eigenvalue weighted by molar-refractivity contribution is -0.148. The summed E-state index contributed by atoms with van der Waals surface area (Å²) in [5, 5.41) is 42.0. The van der Waals surface area contributed by atoms with Gasteiger partial charge in [0.25, 0.3) is 0 Å². The smallest absolute Gasteiger partial charge is 0.326 e. The summed E-state index contributed by atoms with van der Waals surface area (Å²) in [6.07, 6.45) is -3.12. The van der Waals surface area contributed by atoms with Crippen LogP contribution in [0.5, 0.6) is 0 Å². The fraction of sp³-hybridized carbons (Fsp3) is 0.600. The Kier molecular flexibility index (Phi) is 10.3. The lowest BCUT2D eigenvalue weighted by Crippen LogP contribution is -2.59. The predicted octanol–water partition coefficient (Wildman–Crippen LogP) is -3.80. The Morgan fingerprint density at radius 3 is 1.72 bits per heavy atom. The number of nitrogens with one attached hydrogen (secondary N) is 3. The standard InChI is InChI=1S/C15H24N4O10/c1-5(17-13(26)7(16)3-9(21)22)12(25)19-11(6(2)20)14(27)18-8(15(28)29)4-10(23)24/h5-8,11,20H,3-4,16H2,1-2H3,(H,17,26)(H,18,27)(H,19,25)(H,21,22)(H,23,24)(H,28,29). The molecule has 0 saturated heterocycles. The average molecular weight is 420 g/mol. The zero-order valence-electron chi connectivity index (χ0n) is 15.6. The van der Waals surface area contributed by atoms with Crippen LogP contribution in [0.25, 0.3) is 0 Å². The number of carboxylic acids is 3. The minimum atomic E-state index is -1.80. The molecule has 0 aliphatic heterocycles. The van der Waals surface area contributed by atoms with Crippen LogP contribution in [-0.4, -0.2) is 86.3 Å². The second-order valence-electron chi connectivity index (χ2n) is 6.16. The number of rotatable bonds is 12. The van der Waals surface area contributed by atoms with Crippen molar-refractivity contribution in [2.24, 2.45) is 5.73 Å². The van der Waals surface area contributed by atoms with Crippen molar-refractivity contribution in [3.8, 4) is 0 Å². The second kappa shape index (κ2) is 11.6. The van der Waals surface area contributed by atoms with E-state index in [4.69, 9.17) is 21.1 Å². The highest BCUT2D eigenvalue weighted by atomic mass is 16.4. The summed E-state index contributed by atoms with van der Waals surface area (Å²) < 4.78 is 0. The zero-order chi connectivity index (χ0) is 22.9. The van der Waals surface area contributed by atoms with Crippen molar-refractivity contribution in [3.05, 3.63) is 0 Å². The lowest BCUT2D eigenvalue weighted by Gasteiger charge is -2.25. The largest absolute Gasteiger partial charge is 0.481 e. The van der Waals surface area contributed by atoms with Crippen molar-refractivity contribution in [1.29, 1.82) is 0 Å². The van der Waals surface area contributed by atoms with Crippen molar-refractivity contribution < 1.29 is 49.2 Å². The number of carboxylic acid groups (broad SMARTS) is 3. The zero-order valence-corrected chi connectivity index (χ0v) is 15.6. The predicted molar refractivity (Wildman–Crippen MR) is 93.3 cm³/mol. The van der Waals surface area contributed by atoms with Gasteiger partial charge in [0.1, 0.15) is 18.1 Å². The van der Waals surface area contributed by atoms with E-state index >= 15 is 0 Å². The molecule has 0 rings (SSSR count). The normalized spacial score (nSPS) is 15.7. The minimum absolute atomic E-state index is 0.682. The number of amides is 3. The fourth-order valence-corrected chi connectivity index (χ4v) is 1.99. The summed E-state index contributed by atoms with van der Waals surface area (Å²) in [5.74, 6) is -7.53. The topological polar surface area (TPSA) is 245 Å². The Morgan fingerprint density at radius 1 is 0.793 bits per heavy atom. The molecule has 29 heavy (non-hydrogen) atoms. The summed E-state index contributed by atoms with van der Waals surface area (Å²) in [5.41, 5.74) is 5.35. The van der Waals surface area contributed by atoms with Crippen molar-refractivity contribution in [1.82, 2.24) is 16.0 Å². The molecular weight excluding hydrogens is 396 g/mol. The maximum atomic E-state index is 12.2. The SMILES string of the molecule is CC(NC(=O)C(N)CC(=O)O)C(=O)NC(C(=O)NC(CC(=O)O)C(=O)O)C(C)O. The summed E-state index contributed by atoms with van der Waals surface area (Å²) in [6, 6.07) is -6.17. The molecule has 0 aromatic rings. The third kappa shape index (κ3) is 9.48. The first-order valence-electron chi connectivity index (χ1n) is 8.27. The van der Waals surface area contributed by atoms with Crippen LogP contribution in [0, 0.1) is 0 Å². The molecule has 0 aliphatic carbocycles. The van der Waals surface area contributed by atoms with Crippen LogP contribution < -0.4 is 21.7 Å². The Hall–Kier alpha value is -3.26. The Balaban J connectivity index is 5.04. The van der Waals surface area contributed by atoms with Gasteiger partial charge in [0.15, 0.2) is 0 Å². The molecule has 5 atom stereocenters. The van der Waals surface area contributed by atoms with Gasteiger partial charge in [-0.2, -0.15) is 0 Å². The van der Waals surface area contributed by atoms with Crippen LogP contribution in [0.2, 0.25) is 0 Å². The van der Waals surface area contributed by atoms with Crippen LogP contribution in [-0.2, 0) is 28.8 Å². The molecule has 5 unspecified atom stereocenters. The van der Waals surface area contributed by atoms with Crippen molar-refractivity contribution >= 4 is 35.6 Å². The van der Waals surface area contributed by atoms with Crippen LogP contribution in [0.4, 0.5) is 0 Å². The molecule has 164 valence electrons. The molecule has 0 saturated carbocycles. The first-order valence-corrected chi connectivity index (χ1v) is 8.27. The van der Waals surface area contributed by atoms with Gasteiger partial charge in [-0.25, -0.2) is 4.79 Å². The summed E-state index contributed by atoms with van der Waals surface area (Å²) >= 11 is 0. The number of aliphatic hydroxyl groups is 1. The molecule has 0 fully saturated rings. The molecule has 0 spiro atoms. The Morgan fingerprint density at radius 2 is 1.31 bits per heavy atom. The third-order valence-corrected chi connectivity index (χ3v) is 3.54. The molecule has 0 aromatic carbocycles. The van der Waals surface area contributed by atoms with E-state index in [1.807, 2.05) is 5.32 Å². The third-order valence-electron chi connectivity index (χ3n) is 3.54. The van der Waals surface area contributed by atoms with Gasteiger partial charge in [-0.1, -0.05) is 0 Å². The number of carbonyl (C=O) groups excluding carboxylic acids is 3. The van der Waals surface area contributed by atoms with Gasteiger partial charge >= 0.3 is 17.9 Å². The maximum Gasteiger partial charge on any atom is 0.326 e. The number of hydrogen-bond donors (Lipinski definition) is 8. The summed E-state index contributed by atoms with van der Waals surface area (Å²) in [6.45, 7) is 2.31. The highest BCUT2D eigenvalue weighted by Crippen LogP contribution is 2.00. The van der Waals surface area contributed by atoms with Crippen molar-refractivity contribution in [3.63, 3.8) is 0 Å². The average Bonchev–Trinajstić information content (AvgIpc) is 2.56. The molecule has 0 aliphatic rings. The van der Waals surface area contributed by atoms with Crippen LogP contribution in [0.15, 0.2) is 0 Å². The number of carbonyl (C=O) groups is 6. The molecule has 0 radical (unpaired) electrons. The number of aliphatic hydroxyl groups excluding tert-OH is 1. The van der Waals surface area contributed by atoms with Gasteiger partial charge in [0, 0.05) is 0 Å². The number of nitrogens with two attached hydrogens (primary N) is 1. The monoisotopic (exact) mass is 420 g/mol. The highest BCUT2D eigenvalue weighted by Gasteiger charge is 2.32. The van der Waals surface area contributed by atoms with E-state index in [0.29, 0.717) is 0 Å². The number of aliphatic carboxylic acids is 3. The quantitative estimate of drug-likeness (QED) is 0.152. The van der Waals surface area contributed by atoms with Gasteiger partial charge in [-0.05, 0) is 13.8 Å². The van der Waals surface area contributed by atoms with E-state index in [0.717, 1.165) is 6.92 Å². The minimum Gasteiger partial charge on any atom is -0.481 e. The molecule has 3 amide bonds. The van der Waals surface area contributed by atoms with E-state index in [-0.39, 0.29) is 0 Å². The van der Waals surface area contributed by atoms with E-state index in [2.05, 4.69) is 10.6 Å². The first-order chi connectivity index (χ1) is 13.3. The Labute approximate surface area is 164 Å². The molecule has 14 nitrogen and oxygen atoms in total. The lowest BCUT2D eigenvalue weighted by atomic mass is 10.1. The fourth-order valence-electron chi connectivity index (χ4n) is 1.99. The maximum absolute atomic E-state index is 12.2. The molecule has 0 heterocycles. The first kappa shape index (κ1) is 25.7. The van der Waals surface area contributed by atoms with Gasteiger partial charge in [-0.3, -0.25) is 24.0 Å². The van der Waals surface area contributed by atoms with E-state index in [9.17, 15) is 33.9 Å². The second-order valence-corrected chi connectivity index (χ2v) is 6.16. The molecule has 0 bridgehead atoms. The van der Waals surface area contributed by atoms with Gasteiger partial charge in [0.2, 0.25) is 17.7 Å². The van der Waals surface area contributed by atoms with Crippen molar-refractivity contribution in [2.75, 3.05) is 0 Å². The molecule has 0 aromatic heterocycles. The molecule has 9 N–H and O–H groups in total. The van der Waals surface area contributed by atoms with E-state index < -0.39 is 78.7 Å². The van der Waals surface area contributed by atoms with Crippen molar-refractivity contribution in [2.45, 2.75) is 57.0 Å².